The van der Waals surface area contributed by atoms with Crippen molar-refractivity contribution >= 4 is 17.8 Å². The van der Waals surface area contributed by atoms with E-state index in [1.165, 1.54) is 12.8 Å². The maximum absolute atomic E-state index is 13.0. The third kappa shape index (κ3) is 4.40. The number of nitrogens with zero attached hydrogens (tertiary/aromatic N) is 1. The van der Waals surface area contributed by atoms with E-state index in [1.54, 1.807) is 7.11 Å². The van der Waals surface area contributed by atoms with Crippen LogP contribution >= 0.6 is 0 Å². The van der Waals surface area contributed by atoms with Crippen LogP contribution < -0.4 is 20.1 Å². The molecule has 0 bridgehead atoms. The van der Waals surface area contributed by atoms with Gasteiger partial charge < -0.3 is 20.1 Å². The van der Waals surface area contributed by atoms with E-state index < -0.39 is 11.6 Å². The molecule has 1 spiro atoms. The van der Waals surface area contributed by atoms with Crippen LogP contribution in [-0.2, 0) is 16.1 Å². The molecule has 1 aliphatic heterocycles. The van der Waals surface area contributed by atoms with Gasteiger partial charge in [-0.1, -0.05) is 25.8 Å². The summed E-state index contributed by atoms with van der Waals surface area (Å²) in [6.07, 6.45) is 8.21. The lowest BCUT2D eigenvalue weighted by Gasteiger charge is -2.36. The molecule has 0 unspecified atom stereocenters. The highest BCUT2D eigenvalue weighted by atomic mass is 16.5. The largest absolute Gasteiger partial charge is 0.493 e. The molecule has 0 aromatic heterocycles. The van der Waals surface area contributed by atoms with E-state index in [2.05, 4.69) is 10.6 Å². The van der Waals surface area contributed by atoms with E-state index in [-0.39, 0.29) is 36.9 Å². The fourth-order valence-corrected chi connectivity index (χ4v) is 5.14. The van der Waals surface area contributed by atoms with E-state index in [0.717, 1.165) is 42.6 Å². The van der Waals surface area contributed by atoms with Gasteiger partial charge in [-0.15, -0.1) is 0 Å². The number of carbonyl (C=O) groups excluding carboxylic acids is 3. The highest BCUT2D eigenvalue weighted by Gasteiger charge is 2.55. The Hall–Kier alpha value is -2.77. The SMILES string of the molecule is COc1cc(CNC(=O)CN2C(=O)N[C@]3(CCCC[C@@H]3C)C2=O)ccc1OC1CCCC1. The van der Waals surface area contributed by atoms with Crippen LogP contribution in [0.25, 0.3) is 0 Å². The number of carbonyl (C=O) groups is 3. The molecule has 2 N–H and O–H groups in total. The first-order valence-corrected chi connectivity index (χ1v) is 11.7. The highest BCUT2D eigenvalue weighted by Crippen LogP contribution is 2.38. The molecule has 32 heavy (non-hydrogen) atoms. The van der Waals surface area contributed by atoms with Gasteiger partial charge in [-0.05, 0) is 62.1 Å². The third-order valence-corrected chi connectivity index (χ3v) is 7.12. The van der Waals surface area contributed by atoms with Crippen LogP contribution in [0, 0.1) is 5.92 Å². The lowest BCUT2D eigenvalue weighted by molar-refractivity contribution is -0.137. The molecule has 2 atom stereocenters. The molecular formula is C24H33N3O5. The van der Waals surface area contributed by atoms with Crippen molar-refractivity contribution in [1.29, 1.82) is 0 Å². The van der Waals surface area contributed by atoms with E-state index in [9.17, 15) is 14.4 Å². The summed E-state index contributed by atoms with van der Waals surface area (Å²) in [6.45, 7) is 1.98. The number of benzene rings is 1. The van der Waals surface area contributed by atoms with Crippen molar-refractivity contribution in [3.63, 3.8) is 0 Å². The fraction of sp³-hybridized carbons (Fsp3) is 0.625. The van der Waals surface area contributed by atoms with Gasteiger partial charge in [-0.25, -0.2) is 4.79 Å². The molecule has 2 saturated carbocycles. The topological polar surface area (TPSA) is 97.0 Å². The van der Waals surface area contributed by atoms with Gasteiger partial charge >= 0.3 is 6.03 Å². The normalized spacial score (nSPS) is 25.8. The number of hydrogen-bond donors (Lipinski definition) is 2. The number of hydrogen-bond acceptors (Lipinski definition) is 5. The molecule has 174 valence electrons. The van der Waals surface area contributed by atoms with Crippen molar-refractivity contribution in [3.8, 4) is 11.5 Å². The third-order valence-electron chi connectivity index (χ3n) is 7.12. The number of urea groups is 1. The van der Waals surface area contributed by atoms with Gasteiger partial charge in [-0.2, -0.15) is 0 Å². The average molecular weight is 444 g/mol. The number of imide groups is 1. The van der Waals surface area contributed by atoms with Crippen LogP contribution in [0.1, 0.15) is 63.9 Å². The van der Waals surface area contributed by atoms with E-state index >= 15 is 0 Å². The summed E-state index contributed by atoms with van der Waals surface area (Å²) in [7, 11) is 1.60. The van der Waals surface area contributed by atoms with Crippen LogP contribution in [-0.4, -0.2) is 48.0 Å². The Bertz CT molecular complexity index is 882. The second kappa shape index (κ2) is 9.38. The fourth-order valence-electron chi connectivity index (χ4n) is 5.14. The second-order valence-corrected chi connectivity index (χ2v) is 9.23. The Morgan fingerprint density at radius 1 is 1.16 bits per heavy atom. The van der Waals surface area contributed by atoms with Crippen molar-refractivity contribution in [2.45, 2.75) is 76.5 Å². The molecule has 1 heterocycles. The average Bonchev–Trinajstić information content (AvgIpc) is 3.38. The van der Waals surface area contributed by atoms with Crippen LogP contribution in [0.15, 0.2) is 18.2 Å². The summed E-state index contributed by atoms with van der Waals surface area (Å²) >= 11 is 0. The van der Waals surface area contributed by atoms with E-state index in [0.29, 0.717) is 17.9 Å². The number of nitrogens with one attached hydrogen (secondary N) is 2. The van der Waals surface area contributed by atoms with Crippen LogP contribution in [0.3, 0.4) is 0 Å². The van der Waals surface area contributed by atoms with Crippen molar-refractivity contribution in [1.82, 2.24) is 15.5 Å². The Labute approximate surface area is 189 Å². The predicted octanol–water partition coefficient (Wildman–Crippen LogP) is 3.13. The standard InChI is InChI=1S/C24H33N3O5/c1-16-7-5-6-12-24(16)22(29)27(23(30)26-24)15-21(28)25-14-17-10-11-19(20(13-17)31-2)32-18-8-3-4-9-18/h10-11,13,16,18H,3-9,12,14-15H2,1-2H3,(H,25,28)(H,26,30)/t16-,24-/m0/s1. The Morgan fingerprint density at radius 2 is 1.91 bits per heavy atom. The summed E-state index contributed by atoms with van der Waals surface area (Å²) in [5.74, 6) is 0.754. The van der Waals surface area contributed by atoms with Gasteiger partial charge in [0.1, 0.15) is 12.1 Å². The first kappa shape index (κ1) is 22.4. The van der Waals surface area contributed by atoms with Crippen molar-refractivity contribution in [2.75, 3.05) is 13.7 Å². The minimum atomic E-state index is -0.849. The quantitative estimate of drug-likeness (QED) is 0.631. The number of rotatable bonds is 7. The maximum atomic E-state index is 13.0. The smallest absolute Gasteiger partial charge is 0.325 e. The molecule has 1 aromatic carbocycles. The first-order valence-electron chi connectivity index (χ1n) is 11.7. The lowest BCUT2D eigenvalue weighted by atomic mass is 9.73. The monoisotopic (exact) mass is 443 g/mol. The van der Waals surface area contributed by atoms with Gasteiger partial charge in [0.25, 0.3) is 5.91 Å². The predicted molar refractivity (Wildman–Crippen MR) is 118 cm³/mol. The molecular weight excluding hydrogens is 410 g/mol. The maximum Gasteiger partial charge on any atom is 0.325 e. The first-order chi connectivity index (χ1) is 15.4. The summed E-state index contributed by atoms with van der Waals surface area (Å²) in [5.41, 5.74) is 0.00143. The van der Waals surface area contributed by atoms with Gasteiger partial charge in [0, 0.05) is 6.54 Å². The van der Waals surface area contributed by atoms with E-state index in [1.807, 2.05) is 25.1 Å². The van der Waals surface area contributed by atoms with Gasteiger partial charge in [0.2, 0.25) is 5.91 Å². The van der Waals surface area contributed by atoms with Gasteiger partial charge in [0.15, 0.2) is 11.5 Å². The molecule has 8 nitrogen and oxygen atoms in total. The number of ether oxygens (including phenoxy) is 2. The zero-order valence-corrected chi connectivity index (χ0v) is 18.9. The van der Waals surface area contributed by atoms with Crippen LogP contribution in [0.4, 0.5) is 4.79 Å². The molecule has 4 rings (SSSR count). The van der Waals surface area contributed by atoms with Crippen molar-refractivity contribution in [3.05, 3.63) is 23.8 Å². The summed E-state index contributed by atoms with van der Waals surface area (Å²) in [5, 5.41) is 5.68. The molecule has 3 fully saturated rings. The zero-order chi connectivity index (χ0) is 22.7. The molecule has 4 amide bonds. The number of amides is 4. The Morgan fingerprint density at radius 3 is 2.62 bits per heavy atom. The number of methoxy groups -OCH3 is 1. The van der Waals surface area contributed by atoms with Gasteiger partial charge in [0.05, 0.1) is 13.2 Å². The summed E-state index contributed by atoms with van der Waals surface area (Å²) in [4.78, 5) is 39.0. The molecule has 2 aliphatic carbocycles. The molecule has 3 aliphatic rings. The minimum absolute atomic E-state index is 0.0678. The van der Waals surface area contributed by atoms with E-state index in [4.69, 9.17) is 9.47 Å². The van der Waals surface area contributed by atoms with Crippen LogP contribution in [0.2, 0.25) is 0 Å². The lowest BCUT2D eigenvalue weighted by Crippen LogP contribution is -2.54. The second-order valence-electron chi connectivity index (χ2n) is 9.23. The Balaban J connectivity index is 1.33. The van der Waals surface area contributed by atoms with Crippen LogP contribution in [0.5, 0.6) is 11.5 Å². The van der Waals surface area contributed by atoms with Crippen molar-refractivity contribution in [2.24, 2.45) is 5.92 Å². The molecule has 0 radical (unpaired) electrons. The minimum Gasteiger partial charge on any atom is -0.493 e. The van der Waals surface area contributed by atoms with Gasteiger partial charge in [-0.3, -0.25) is 14.5 Å². The zero-order valence-electron chi connectivity index (χ0n) is 18.9. The molecule has 1 saturated heterocycles. The Kier molecular flexibility index (Phi) is 6.58. The summed E-state index contributed by atoms with van der Waals surface area (Å²) < 4.78 is 11.5. The molecule has 1 aromatic rings. The highest BCUT2D eigenvalue weighted by molar-refractivity contribution is 6.09. The molecule has 8 heteroatoms. The summed E-state index contributed by atoms with van der Waals surface area (Å²) in [6, 6.07) is 5.12. The van der Waals surface area contributed by atoms with Crippen molar-refractivity contribution < 1.29 is 23.9 Å².